The third kappa shape index (κ3) is 9.11. The van der Waals surface area contributed by atoms with E-state index in [9.17, 15) is 19.2 Å². The molecule has 4 aliphatic rings. The van der Waals surface area contributed by atoms with Crippen LogP contribution in [-0.4, -0.2) is 116 Å². The number of carbonyl (C=O) groups excluding carboxylic acids is 2. The Balaban J connectivity index is 0.000000174. The minimum Gasteiger partial charge on any atom is -0.497 e. The predicted molar refractivity (Wildman–Crippen MR) is 239 cm³/mol. The van der Waals surface area contributed by atoms with Crippen LogP contribution in [0.5, 0.6) is 11.5 Å². The first-order valence-corrected chi connectivity index (χ1v) is 22.4. The largest absolute Gasteiger partial charge is 0.497 e. The maximum Gasteiger partial charge on any atom is 0.328 e. The van der Waals surface area contributed by atoms with Crippen LogP contribution in [0.1, 0.15) is 51.4 Å². The number of nitrogens with one attached hydrogen (secondary N) is 1. The van der Waals surface area contributed by atoms with Crippen LogP contribution in [0.15, 0.2) is 64.7 Å². The summed E-state index contributed by atoms with van der Waals surface area (Å²) in [5, 5.41) is 3.30. The molecule has 2 aromatic carbocycles. The lowest BCUT2D eigenvalue weighted by atomic mass is 9.81. The van der Waals surface area contributed by atoms with Gasteiger partial charge in [-0.05, 0) is 87.5 Å². The molecule has 1 N–H and O–H groups in total. The highest BCUT2D eigenvalue weighted by atomic mass is 16.5. The van der Waals surface area contributed by atoms with Gasteiger partial charge in [0.2, 0.25) is 11.8 Å². The summed E-state index contributed by atoms with van der Waals surface area (Å²) in [6.07, 6.45) is 12.7. The average Bonchev–Trinajstić information content (AvgIpc) is 3.71. The van der Waals surface area contributed by atoms with Crippen LogP contribution >= 0.6 is 0 Å². The molecule has 0 unspecified atom stereocenters. The van der Waals surface area contributed by atoms with Gasteiger partial charge >= 0.3 is 11.4 Å². The maximum atomic E-state index is 13.2. The number of aromatic nitrogens is 6. The fraction of sp³-hybridized carbons (Fsp3) is 0.565. The quantitative estimate of drug-likeness (QED) is 0.231. The van der Waals surface area contributed by atoms with E-state index in [-0.39, 0.29) is 29.1 Å². The minimum absolute atomic E-state index is 0.00291. The zero-order valence-electron chi connectivity index (χ0n) is 36.7. The summed E-state index contributed by atoms with van der Waals surface area (Å²) in [5.41, 5.74) is 4.70. The molecule has 0 bridgehead atoms. The van der Waals surface area contributed by atoms with Crippen LogP contribution in [0.2, 0.25) is 0 Å². The van der Waals surface area contributed by atoms with E-state index in [4.69, 9.17) is 9.47 Å². The highest BCUT2D eigenvalue weighted by molar-refractivity contribution is 5.80. The fourth-order valence-electron chi connectivity index (χ4n) is 10.1. The summed E-state index contributed by atoms with van der Waals surface area (Å²) in [7, 11) is 6.91. The van der Waals surface area contributed by atoms with Gasteiger partial charge in [0, 0.05) is 104 Å². The number of imidazole rings is 2. The van der Waals surface area contributed by atoms with E-state index in [1.54, 1.807) is 23.4 Å². The number of benzene rings is 2. The highest BCUT2D eigenvalue weighted by Crippen LogP contribution is 2.34. The monoisotopic (exact) mass is 850 g/mol. The van der Waals surface area contributed by atoms with Crippen LogP contribution in [0, 0.1) is 23.7 Å². The summed E-state index contributed by atoms with van der Waals surface area (Å²) in [6.45, 7) is 7.92. The Morgan fingerprint density at radius 3 is 1.48 bits per heavy atom. The van der Waals surface area contributed by atoms with Crippen molar-refractivity contribution >= 4 is 39.6 Å². The topological polar surface area (TPSA) is 154 Å². The van der Waals surface area contributed by atoms with Crippen LogP contribution in [0.4, 0.5) is 5.69 Å². The normalized spacial score (nSPS) is 22.0. The Bertz CT molecular complexity index is 2440. The molecule has 2 aliphatic heterocycles. The van der Waals surface area contributed by atoms with E-state index in [1.807, 2.05) is 81.8 Å². The zero-order chi connectivity index (χ0) is 43.3. The summed E-state index contributed by atoms with van der Waals surface area (Å²) in [6, 6.07) is 11.5. The number of aryl methyl sites for hydroxylation is 2. The first-order valence-electron chi connectivity index (χ1n) is 22.4. The molecule has 0 atom stereocenters. The van der Waals surface area contributed by atoms with Gasteiger partial charge in [0.1, 0.15) is 17.8 Å². The first-order chi connectivity index (χ1) is 30.1. The number of nitrogens with zero attached hydrogens (tertiary/aromatic N) is 9. The number of rotatable bonds is 9. The summed E-state index contributed by atoms with van der Waals surface area (Å²) in [4.78, 5) is 66.0. The van der Waals surface area contributed by atoms with Crippen LogP contribution < -0.4 is 31.1 Å². The van der Waals surface area contributed by atoms with E-state index in [2.05, 4.69) is 20.2 Å². The number of amides is 2. The Morgan fingerprint density at radius 1 is 0.613 bits per heavy atom. The van der Waals surface area contributed by atoms with E-state index in [0.29, 0.717) is 30.8 Å². The Kier molecular flexibility index (Phi) is 13.3. The van der Waals surface area contributed by atoms with E-state index >= 15 is 0 Å². The molecule has 2 aliphatic carbocycles. The van der Waals surface area contributed by atoms with Gasteiger partial charge in [0.25, 0.3) is 0 Å². The van der Waals surface area contributed by atoms with Gasteiger partial charge in [-0.15, -0.1) is 0 Å². The van der Waals surface area contributed by atoms with Crippen molar-refractivity contribution in [3.8, 4) is 11.5 Å². The Hall–Kier alpha value is -5.64. The Morgan fingerprint density at radius 2 is 1.05 bits per heavy atom. The molecule has 3 aromatic heterocycles. The fourth-order valence-corrected chi connectivity index (χ4v) is 10.1. The van der Waals surface area contributed by atoms with Crippen molar-refractivity contribution in [3.63, 3.8) is 0 Å². The van der Waals surface area contributed by atoms with Gasteiger partial charge in [0.15, 0.2) is 0 Å². The molecule has 2 amide bonds. The maximum absolute atomic E-state index is 13.2. The average molecular weight is 851 g/mol. The molecule has 16 heteroatoms. The van der Waals surface area contributed by atoms with Crippen LogP contribution in [0.3, 0.4) is 0 Å². The predicted octanol–water partition coefficient (Wildman–Crippen LogP) is 3.88. The molecule has 2 saturated carbocycles. The summed E-state index contributed by atoms with van der Waals surface area (Å²) < 4.78 is 17.9. The third-order valence-electron chi connectivity index (χ3n) is 13.9. The lowest BCUT2D eigenvalue weighted by molar-refractivity contribution is -0.138. The number of anilines is 1. The number of fused-ring (bicyclic) bond motifs is 2. The second-order valence-corrected chi connectivity index (χ2v) is 17.5. The molecule has 0 radical (unpaired) electrons. The zero-order valence-corrected chi connectivity index (χ0v) is 36.7. The number of hydrogen-bond acceptors (Lipinski definition) is 10. The number of ether oxygens (including phenoxy) is 2. The second-order valence-electron chi connectivity index (χ2n) is 17.5. The van der Waals surface area contributed by atoms with Gasteiger partial charge < -0.3 is 29.5 Å². The number of hydrogen-bond donors (Lipinski definition) is 1. The molecule has 2 saturated heterocycles. The van der Waals surface area contributed by atoms with Crippen molar-refractivity contribution in [2.24, 2.45) is 37.8 Å². The summed E-state index contributed by atoms with van der Waals surface area (Å²) in [5.74, 6) is 3.20. The number of piperazine rings is 2. The van der Waals surface area contributed by atoms with Gasteiger partial charge in [-0.3, -0.25) is 27.9 Å². The minimum atomic E-state index is 0.00291. The van der Waals surface area contributed by atoms with Crippen LogP contribution in [-0.2, 0) is 36.8 Å². The van der Waals surface area contributed by atoms with Gasteiger partial charge in [-0.25, -0.2) is 19.6 Å². The van der Waals surface area contributed by atoms with Gasteiger partial charge in [0.05, 0.1) is 54.4 Å². The van der Waals surface area contributed by atoms with E-state index < -0.39 is 0 Å². The van der Waals surface area contributed by atoms with Gasteiger partial charge in [-0.2, -0.15) is 0 Å². The molecule has 0 spiro atoms. The molecular weight excluding hydrogens is 789 g/mol. The molecule has 9 rings (SSSR count). The molecular formula is C46H62N10O6. The molecule has 5 aromatic rings. The van der Waals surface area contributed by atoms with Crippen molar-refractivity contribution in [1.82, 2.24) is 43.4 Å². The third-order valence-corrected chi connectivity index (χ3v) is 13.9. The van der Waals surface area contributed by atoms with Crippen molar-refractivity contribution < 1.29 is 19.1 Å². The molecule has 5 heterocycles. The lowest BCUT2D eigenvalue weighted by Crippen LogP contribution is -2.50. The number of methoxy groups -OCH3 is 2. The second kappa shape index (κ2) is 19.2. The standard InChI is InChI=1S/C25H32N6O3.C21H30N4O3/c1-28-22-8-7-21(34-2)13-23(22)31(25(28)33)16-18-3-5-19(6-4-18)24(32)30-11-9-29(10-12-30)20-14-26-17-27-15-20;1-23-18-8-7-17(28-2)13-19(18)25(21(23)27)14-15-3-5-16(6-4-15)20(26)24-11-9-22-10-12-24/h7-8,13-15,17-19H,3-6,9-12,16H2,1-2H3;7-8,13,15-16,22H,3-6,9-12,14H2,1-2H3. The van der Waals surface area contributed by atoms with E-state index in [1.165, 1.54) is 6.33 Å². The SMILES string of the molecule is COc1ccc2c(c1)n(CC1CCC(C(=O)N3CCN(c4cncnc4)CC3)CC1)c(=O)n2C.COc1ccc2c(c1)n(CC1CCC(C(=O)N3CCNCC3)CC1)c(=O)n2C. The van der Waals surface area contributed by atoms with E-state index in [0.717, 1.165) is 143 Å². The van der Waals surface area contributed by atoms with Crippen molar-refractivity contribution in [2.75, 3.05) is 71.5 Å². The van der Waals surface area contributed by atoms with Crippen molar-refractivity contribution in [2.45, 2.75) is 64.5 Å². The van der Waals surface area contributed by atoms with Gasteiger partial charge in [-0.1, -0.05) is 0 Å². The first kappa shape index (κ1) is 43.0. The number of carbonyl (C=O) groups is 2. The molecule has 4 fully saturated rings. The van der Waals surface area contributed by atoms with Crippen molar-refractivity contribution in [1.29, 1.82) is 0 Å². The molecule has 62 heavy (non-hydrogen) atoms. The lowest BCUT2D eigenvalue weighted by Gasteiger charge is -2.38. The molecule has 16 nitrogen and oxygen atoms in total. The van der Waals surface area contributed by atoms with Crippen molar-refractivity contribution in [3.05, 3.63) is 76.1 Å². The Labute approximate surface area is 362 Å². The highest BCUT2D eigenvalue weighted by Gasteiger charge is 2.33. The smallest absolute Gasteiger partial charge is 0.328 e. The molecule has 332 valence electrons. The summed E-state index contributed by atoms with van der Waals surface area (Å²) >= 11 is 0. The van der Waals surface area contributed by atoms with Crippen LogP contribution in [0.25, 0.3) is 22.1 Å².